The molecule has 2 heterocycles. The lowest BCUT2D eigenvalue weighted by molar-refractivity contribution is -0.122. The molecule has 1 amide bonds. The predicted molar refractivity (Wildman–Crippen MR) is 76.6 cm³/mol. The maximum Gasteiger partial charge on any atom is 0.241 e. The number of carbonyl (C=O) groups excluding carboxylic acids is 1. The van der Waals surface area contributed by atoms with Crippen LogP contribution in [0.3, 0.4) is 0 Å². The molecule has 0 aliphatic carbocycles. The van der Waals surface area contributed by atoms with Crippen molar-refractivity contribution in [2.75, 3.05) is 32.8 Å². The molecule has 112 valence electrons. The number of nitrogens with zero attached hydrogens (tertiary/aromatic N) is 3. The molecular weight excluding hydrogens is 256 g/mol. The Labute approximate surface area is 120 Å². The Morgan fingerprint density at radius 3 is 2.75 bits per heavy atom. The second-order valence-electron chi connectivity index (χ2n) is 5.47. The van der Waals surface area contributed by atoms with E-state index in [0.29, 0.717) is 0 Å². The van der Waals surface area contributed by atoms with E-state index in [1.165, 1.54) is 0 Å². The molecule has 1 aliphatic rings. The van der Waals surface area contributed by atoms with Crippen molar-refractivity contribution in [1.29, 1.82) is 0 Å². The molecule has 1 aromatic heterocycles. The van der Waals surface area contributed by atoms with E-state index in [1.807, 2.05) is 26.8 Å². The van der Waals surface area contributed by atoms with E-state index in [-0.39, 0.29) is 18.5 Å². The minimum atomic E-state index is 0.0111. The lowest BCUT2D eigenvalue weighted by Gasteiger charge is -2.29. The second kappa shape index (κ2) is 6.85. The highest BCUT2D eigenvalue weighted by Gasteiger charge is 2.15. The molecular formula is C14H24N4O2. The summed E-state index contributed by atoms with van der Waals surface area (Å²) in [6.45, 7) is 10.5. The zero-order valence-electron chi connectivity index (χ0n) is 12.6. The molecule has 0 aromatic carbocycles. The average Bonchev–Trinajstić information content (AvgIpc) is 2.68. The molecule has 2 rings (SSSR count). The van der Waals surface area contributed by atoms with Gasteiger partial charge in [0.2, 0.25) is 5.91 Å². The van der Waals surface area contributed by atoms with Gasteiger partial charge in [0.25, 0.3) is 0 Å². The minimum absolute atomic E-state index is 0.0111. The number of amides is 1. The highest BCUT2D eigenvalue weighted by atomic mass is 16.5. The Balaban J connectivity index is 1.77. The van der Waals surface area contributed by atoms with Gasteiger partial charge in [0.1, 0.15) is 6.54 Å². The third-order valence-corrected chi connectivity index (χ3v) is 3.44. The normalized spacial score (nSPS) is 17.9. The van der Waals surface area contributed by atoms with Crippen molar-refractivity contribution in [2.24, 2.45) is 0 Å². The van der Waals surface area contributed by atoms with Gasteiger partial charge in [-0.2, -0.15) is 5.10 Å². The number of ether oxygens (including phenoxy) is 1. The predicted octanol–water partition coefficient (Wildman–Crippen LogP) is 0.337. The summed E-state index contributed by atoms with van der Waals surface area (Å²) in [5, 5.41) is 7.33. The number of morpholine rings is 1. The Morgan fingerprint density at radius 2 is 2.15 bits per heavy atom. The van der Waals surface area contributed by atoms with Gasteiger partial charge in [0, 0.05) is 31.4 Å². The summed E-state index contributed by atoms with van der Waals surface area (Å²) in [7, 11) is 0. The van der Waals surface area contributed by atoms with E-state index in [2.05, 4.69) is 15.3 Å². The smallest absolute Gasteiger partial charge is 0.241 e. The monoisotopic (exact) mass is 280 g/mol. The van der Waals surface area contributed by atoms with Crippen LogP contribution in [0.4, 0.5) is 0 Å². The second-order valence-corrected chi connectivity index (χ2v) is 5.47. The Kier molecular flexibility index (Phi) is 5.14. The van der Waals surface area contributed by atoms with Gasteiger partial charge in [0.15, 0.2) is 0 Å². The molecule has 1 N–H and O–H groups in total. The number of nitrogens with one attached hydrogen (secondary N) is 1. The number of aryl methyl sites for hydroxylation is 2. The largest absolute Gasteiger partial charge is 0.379 e. The average molecular weight is 280 g/mol. The van der Waals surface area contributed by atoms with E-state index in [4.69, 9.17) is 4.74 Å². The summed E-state index contributed by atoms with van der Waals surface area (Å²) < 4.78 is 7.06. The Hall–Kier alpha value is -1.40. The van der Waals surface area contributed by atoms with Crippen LogP contribution in [0.2, 0.25) is 0 Å². The molecule has 0 bridgehead atoms. The highest BCUT2D eigenvalue weighted by Crippen LogP contribution is 2.02. The maximum absolute atomic E-state index is 12.0. The van der Waals surface area contributed by atoms with Crippen LogP contribution >= 0.6 is 0 Å². The zero-order chi connectivity index (χ0) is 14.5. The zero-order valence-corrected chi connectivity index (χ0v) is 12.6. The van der Waals surface area contributed by atoms with Crippen LogP contribution in [0.15, 0.2) is 6.07 Å². The number of hydrogen-bond donors (Lipinski definition) is 1. The summed E-state index contributed by atoms with van der Waals surface area (Å²) in [4.78, 5) is 14.3. The van der Waals surface area contributed by atoms with Crippen LogP contribution in [0.5, 0.6) is 0 Å². The third kappa shape index (κ3) is 4.31. The van der Waals surface area contributed by atoms with Gasteiger partial charge in [-0.05, 0) is 26.8 Å². The number of aromatic nitrogens is 2. The Bertz CT molecular complexity index is 452. The van der Waals surface area contributed by atoms with Crippen LogP contribution in [0.25, 0.3) is 0 Å². The van der Waals surface area contributed by atoms with Crippen LogP contribution in [-0.4, -0.2) is 59.5 Å². The molecule has 1 saturated heterocycles. The van der Waals surface area contributed by atoms with Gasteiger partial charge in [0.05, 0.1) is 18.9 Å². The molecule has 0 unspecified atom stereocenters. The lowest BCUT2D eigenvalue weighted by Crippen LogP contribution is -2.46. The first kappa shape index (κ1) is 15.0. The molecule has 0 saturated carbocycles. The first-order valence-corrected chi connectivity index (χ1v) is 7.15. The molecule has 1 atom stereocenters. The van der Waals surface area contributed by atoms with Crippen molar-refractivity contribution in [3.63, 3.8) is 0 Å². The number of hydrogen-bond acceptors (Lipinski definition) is 4. The van der Waals surface area contributed by atoms with E-state index in [0.717, 1.165) is 44.2 Å². The van der Waals surface area contributed by atoms with Gasteiger partial charge >= 0.3 is 0 Å². The van der Waals surface area contributed by atoms with Gasteiger partial charge in [-0.15, -0.1) is 0 Å². The standard InChI is InChI=1S/C14H24N4O2/c1-11-8-13(3)18(16-11)10-14(19)15-12(2)9-17-4-6-20-7-5-17/h8,12H,4-7,9-10H2,1-3H3,(H,15,19)/t12-/m1/s1. The summed E-state index contributed by atoms with van der Waals surface area (Å²) in [5.41, 5.74) is 1.95. The fraction of sp³-hybridized carbons (Fsp3) is 0.714. The highest BCUT2D eigenvalue weighted by molar-refractivity contribution is 5.76. The number of carbonyl (C=O) groups is 1. The topological polar surface area (TPSA) is 59.4 Å². The SMILES string of the molecule is Cc1cc(C)n(CC(=O)N[C@H](C)CN2CCOCC2)n1. The molecule has 1 fully saturated rings. The summed E-state index contributed by atoms with van der Waals surface area (Å²) in [5.74, 6) is 0.0111. The molecule has 20 heavy (non-hydrogen) atoms. The van der Waals surface area contributed by atoms with Crippen molar-refractivity contribution >= 4 is 5.91 Å². The van der Waals surface area contributed by atoms with E-state index in [1.54, 1.807) is 4.68 Å². The first-order chi connectivity index (χ1) is 9.54. The first-order valence-electron chi connectivity index (χ1n) is 7.15. The molecule has 0 spiro atoms. The summed E-state index contributed by atoms with van der Waals surface area (Å²) in [6, 6.07) is 2.11. The van der Waals surface area contributed by atoms with Crippen LogP contribution in [0.1, 0.15) is 18.3 Å². The Morgan fingerprint density at radius 1 is 1.45 bits per heavy atom. The van der Waals surface area contributed by atoms with Crippen LogP contribution in [-0.2, 0) is 16.1 Å². The van der Waals surface area contributed by atoms with Gasteiger partial charge in [-0.1, -0.05) is 0 Å². The molecule has 0 radical (unpaired) electrons. The minimum Gasteiger partial charge on any atom is -0.379 e. The molecule has 1 aromatic rings. The summed E-state index contributed by atoms with van der Waals surface area (Å²) >= 11 is 0. The van der Waals surface area contributed by atoms with Gasteiger partial charge in [-0.3, -0.25) is 14.4 Å². The molecule has 6 nitrogen and oxygen atoms in total. The fourth-order valence-electron chi connectivity index (χ4n) is 2.51. The van der Waals surface area contributed by atoms with Gasteiger partial charge in [-0.25, -0.2) is 0 Å². The quantitative estimate of drug-likeness (QED) is 0.845. The van der Waals surface area contributed by atoms with Crippen molar-refractivity contribution in [3.05, 3.63) is 17.5 Å². The van der Waals surface area contributed by atoms with Crippen LogP contribution in [0, 0.1) is 13.8 Å². The maximum atomic E-state index is 12.0. The van der Waals surface area contributed by atoms with E-state index in [9.17, 15) is 4.79 Å². The van der Waals surface area contributed by atoms with Crippen LogP contribution < -0.4 is 5.32 Å². The lowest BCUT2D eigenvalue weighted by atomic mass is 10.3. The molecule has 1 aliphatic heterocycles. The van der Waals surface area contributed by atoms with Crippen molar-refractivity contribution in [2.45, 2.75) is 33.4 Å². The number of rotatable bonds is 5. The third-order valence-electron chi connectivity index (χ3n) is 3.44. The van der Waals surface area contributed by atoms with E-state index < -0.39 is 0 Å². The summed E-state index contributed by atoms with van der Waals surface area (Å²) in [6.07, 6.45) is 0. The van der Waals surface area contributed by atoms with Gasteiger partial charge < -0.3 is 10.1 Å². The van der Waals surface area contributed by atoms with Crippen molar-refractivity contribution < 1.29 is 9.53 Å². The van der Waals surface area contributed by atoms with Crippen molar-refractivity contribution in [1.82, 2.24) is 20.0 Å². The van der Waals surface area contributed by atoms with E-state index >= 15 is 0 Å². The molecule has 6 heteroatoms. The fourth-order valence-corrected chi connectivity index (χ4v) is 2.51. The van der Waals surface area contributed by atoms with Crippen molar-refractivity contribution in [3.8, 4) is 0 Å².